The van der Waals surface area contributed by atoms with E-state index < -0.39 is 0 Å². The lowest BCUT2D eigenvalue weighted by atomic mass is 9.99. The second-order valence-electron chi connectivity index (χ2n) is 6.24. The first kappa shape index (κ1) is 15.8. The van der Waals surface area contributed by atoms with Gasteiger partial charge in [0, 0.05) is 17.8 Å². The van der Waals surface area contributed by atoms with Crippen LogP contribution in [0.1, 0.15) is 30.7 Å². The molecule has 0 atom stereocenters. The number of fused-ring (bicyclic) bond motifs is 1. The summed E-state index contributed by atoms with van der Waals surface area (Å²) in [7, 11) is 0. The maximum atomic E-state index is 9.18. The first-order chi connectivity index (χ1) is 11.6. The van der Waals surface area contributed by atoms with Crippen molar-refractivity contribution in [3.05, 3.63) is 71.6 Å². The van der Waals surface area contributed by atoms with Crippen molar-refractivity contribution in [3.8, 4) is 6.07 Å². The van der Waals surface area contributed by atoms with E-state index in [1.165, 1.54) is 0 Å². The summed E-state index contributed by atoms with van der Waals surface area (Å²) in [5.74, 6) is 1.06. The van der Waals surface area contributed by atoms with Gasteiger partial charge in [-0.3, -0.25) is 0 Å². The van der Waals surface area contributed by atoms with Crippen LogP contribution >= 0.6 is 0 Å². The molecule has 0 spiro atoms. The zero-order valence-corrected chi connectivity index (χ0v) is 13.9. The fraction of sp³-hybridized carbons (Fsp3) is 0.200. The predicted octanol–water partition coefficient (Wildman–Crippen LogP) is 4.07. The van der Waals surface area contributed by atoms with Crippen molar-refractivity contribution in [1.82, 2.24) is 9.38 Å². The van der Waals surface area contributed by atoms with E-state index in [0.717, 1.165) is 34.5 Å². The van der Waals surface area contributed by atoms with Crippen LogP contribution in [-0.2, 0) is 6.42 Å². The summed E-state index contributed by atoms with van der Waals surface area (Å²) in [5, 5.41) is 9.18. The van der Waals surface area contributed by atoms with Crippen molar-refractivity contribution in [2.45, 2.75) is 20.3 Å². The summed E-state index contributed by atoms with van der Waals surface area (Å²) in [4.78, 5) is 4.44. The maximum absolute atomic E-state index is 9.18. The third kappa shape index (κ3) is 3.02. The van der Waals surface area contributed by atoms with Gasteiger partial charge in [0.15, 0.2) is 0 Å². The lowest BCUT2D eigenvalue weighted by molar-refractivity contribution is 0.633. The average molecular weight is 316 g/mol. The van der Waals surface area contributed by atoms with Gasteiger partial charge in [0.1, 0.15) is 11.5 Å². The molecular formula is C20H20N4. The van der Waals surface area contributed by atoms with Gasteiger partial charge in [-0.05, 0) is 35.6 Å². The monoisotopic (exact) mass is 316 g/mol. The number of nitrogens with zero attached hydrogens (tertiary/aromatic N) is 3. The molecule has 3 rings (SSSR count). The van der Waals surface area contributed by atoms with E-state index >= 15 is 0 Å². The molecular weight excluding hydrogens is 296 g/mol. The van der Waals surface area contributed by atoms with Gasteiger partial charge in [0.2, 0.25) is 0 Å². The number of nitriles is 1. The topological polar surface area (TPSA) is 67.1 Å². The fourth-order valence-electron chi connectivity index (χ4n) is 2.88. The maximum Gasteiger partial charge on any atom is 0.145 e. The number of nitrogen functional groups attached to an aromatic ring is 1. The van der Waals surface area contributed by atoms with E-state index in [1.807, 2.05) is 53.1 Å². The highest BCUT2D eigenvalue weighted by molar-refractivity contribution is 5.81. The Kier molecular flexibility index (Phi) is 4.35. The first-order valence-corrected chi connectivity index (χ1v) is 8.02. The third-order valence-electron chi connectivity index (χ3n) is 3.95. The highest BCUT2D eigenvalue weighted by Crippen LogP contribution is 2.26. The van der Waals surface area contributed by atoms with Gasteiger partial charge in [-0.2, -0.15) is 5.26 Å². The quantitative estimate of drug-likeness (QED) is 0.738. The van der Waals surface area contributed by atoms with E-state index in [2.05, 4.69) is 24.9 Å². The number of allylic oxidation sites excluding steroid dienone is 1. The summed E-state index contributed by atoms with van der Waals surface area (Å²) < 4.78 is 2.04. The first-order valence-electron chi connectivity index (χ1n) is 8.02. The highest BCUT2D eigenvalue weighted by Gasteiger charge is 2.13. The van der Waals surface area contributed by atoms with Crippen LogP contribution in [0.3, 0.4) is 0 Å². The number of pyridine rings is 1. The van der Waals surface area contributed by atoms with Crippen LogP contribution in [0.5, 0.6) is 0 Å². The number of nitrogens with two attached hydrogens (primary N) is 1. The lowest BCUT2D eigenvalue weighted by Crippen LogP contribution is -2.02. The Labute approximate surface area is 141 Å². The smallest absolute Gasteiger partial charge is 0.145 e. The zero-order chi connectivity index (χ0) is 17.1. The molecule has 0 radical (unpaired) electrons. The second kappa shape index (κ2) is 6.59. The van der Waals surface area contributed by atoms with Gasteiger partial charge >= 0.3 is 0 Å². The summed E-state index contributed by atoms with van der Waals surface area (Å²) in [6.45, 7) is 4.32. The lowest BCUT2D eigenvalue weighted by Gasteiger charge is -2.10. The number of benzene rings is 1. The van der Waals surface area contributed by atoms with Gasteiger partial charge in [-0.15, -0.1) is 0 Å². The van der Waals surface area contributed by atoms with Crippen molar-refractivity contribution in [3.63, 3.8) is 0 Å². The van der Waals surface area contributed by atoms with Crippen molar-refractivity contribution < 1.29 is 0 Å². The Morgan fingerprint density at radius 2 is 1.96 bits per heavy atom. The molecule has 4 nitrogen and oxygen atoms in total. The number of aromatic nitrogens is 2. The van der Waals surface area contributed by atoms with Crippen LogP contribution in [0.15, 0.2) is 54.7 Å². The van der Waals surface area contributed by atoms with Crippen LogP contribution < -0.4 is 5.73 Å². The SMILES string of the molecule is CC(C)Cc1c(N)nc2ccc(C(=CC#N)c3ccccc3)cn12. The molecule has 3 aromatic rings. The van der Waals surface area contributed by atoms with Crippen molar-refractivity contribution >= 4 is 17.0 Å². The third-order valence-corrected chi connectivity index (χ3v) is 3.95. The van der Waals surface area contributed by atoms with Crippen LogP contribution in [0, 0.1) is 17.2 Å². The standard InChI is InChI=1S/C20H20N4/c1-14(2)12-18-20(22)23-19-9-8-16(13-24(18)19)17(10-11-21)15-6-4-3-5-7-15/h3-10,13-14H,12,22H2,1-2H3. The summed E-state index contributed by atoms with van der Waals surface area (Å²) in [5.41, 5.74) is 10.8. The number of imidazole rings is 1. The van der Waals surface area contributed by atoms with Crippen molar-refractivity contribution in [2.24, 2.45) is 5.92 Å². The molecule has 24 heavy (non-hydrogen) atoms. The molecule has 120 valence electrons. The number of anilines is 1. The molecule has 0 unspecified atom stereocenters. The Bertz CT molecular complexity index is 927. The van der Waals surface area contributed by atoms with E-state index in [4.69, 9.17) is 5.73 Å². The van der Waals surface area contributed by atoms with Gasteiger partial charge in [-0.25, -0.2) is 4.98 Å². The van der Waals surface area contributed by atoms with E-state index in [9.17, 15) is 5.26 Å². The fourth-order valence-corrected chi connectivity index (χ4v) is 2.88. The van der Waals surface area contributed by atoms with Crippen LogP contribution in [-0.4, -0.2) is 9.38 Å². The molecule has 0 aliphatic rings. The Morgan fingerprint density at radius 3 is 2.62 bits per heavy atom. The molecule has 0 saturated carbocycles. The summed E-state index contributed by atoms with van der Waals surface area (Å²) in [6.07, 6.45) is 4.46. The van der Waals surface area contributed by atoms with Gasteiger partial charge < -0.3 is 10.1 Å². The molecule has 0 saturated heterocycles. The van der Waals surface area contributed by atoms with Crippen LogP contribution in [0.25, 0.3) is 11.2 Å². The van der Waals surface area contributed by atoms with Gasteiger partial charge in [-0.1, -0.05) is 44.2 Å². The minimum atomic E-state index is 0.485. The molecule has 0 aliphatic heterocycles. The molecule has 0 amide bonds. The molecule has 4 heteroatoms. The summed E-state index contributed by atoms with van der Waals surface area (Å²) in [6, 6.07) is 16.0. The largest absolute Gasteiger partial charge is 0.382 e. The number of hydrogen-bond donors (Lipinski definition) is 1. The van der Waals surface area contributed by atoms with Crippen LogP contribution in [0.4, 0.5) is 5.82 Å². The second-order valence-corrected chi connectivity index (χ2v) is 6.24. The normalized spacial score (nSPS) is 11.8. The average Bonchev–Trinajstić information content (AvgIpc) is 2.88. The van der Waals surface area contributed by atoms with E-state index in [0.29, 0.717) is 11.7 Å². The summed E-state index contributed by atoms with van der Waals surface area (Å²) >= 11 is 0. The molecule has 0 aliphatic carbocycles. The molecule has 2 aromatic heterocycles. The van der Waals surface area contributed by atoms with Crippen molar-refractivity contribution in [1.29, 1.82) is 5.26 Å². The minimum absolute atomic E-state index is 0.485. The highest BCUT2D eigenvalue weighted by atomic mass is 15.1. The Morgan fingerprint density at radius 1 is 1.21 bits per heavy atom. The van der Waals surface area contributed by atoms with E-state index in [-0.39, 0.29) is 0 Å². The minimum Gasteiger partial charge on any atom is -0.382 e. The zero-order valence-electron chi connectivity index (χ0n) is 13.9. The molecule has 0 fully saturated rings. The molecule has 1 aromatic carbocycles. The Hall–Kier alpha value is -3.06. The van der Waals surface area contributed by atoms with E-state index in [1.54, 1.807) is 6.08 Å². The number of hydrogen-bond acceptors (Lipinski definition) is 3. The Balaban J connectivity index is 2.16. The number of rotatable bonds is 4. The molecule has 2 N–H and O–H groups in total. The van der Waals surface area contributed by atoms with Crippen molar-refractivity contribution in [2.75, 3.05) is 5.73 Å². The molecule has 2 heterocycles. The van der Waals surface area contributed by atoms with Gasteiger partial charge in [0.05, 0.1) is 11.8 Å². The van der Waals surface area contributed by atoms with Crippen LogP contribution in [0.2, 0.25) is 0 Å². The molecule has 0 bridgehead atoms. The predicted molar refractivity (Wildman–Crippen MR) is 97.3 cm³/mol. The van der Waals surface area contributed by atoms with Gasteiger partial charge in [0.25, 0.3) is 0 Å².